The van der Waals surface area contributed by atoms with Crippen molar-refractivity contribution in [3.05, 3.63) is 63.7 Å². The predicted molar refractivity (Wildman–Crippen MR) is 129 cm³/mol. The van der Waals surface area contributed by atoms with Crippen molar-refractivity contribution < 1.29 is 9.72 Å². The van der Waals surface area contributed by atoms with Crippen LogP contribution in [0, 0.1) is 17.0 Å². The topological polar surface area (TPSA) is 113 Å². The van der Waals surface area contributed by atoms with Gasteiger partial charge >= 0.3 is 0 Å². The number of hydrogen-bond acceptors (Lipinski definition) is 7. The highest BCUT2D eigenvalue weighted by molar-refractivity contribution is 5.95. The molecular weight excluding hydrogens is 420 g/mol. The second-order valence-electron chi connectivity index (χ2n) is 8.71. The van der Waals surface area contributed by atoms with E-state index in [0.717, 1.165) is 42.4 Å². The summed E-state index contributed by atoms with van der Waals surface area (Å²) in [5.74, 6) is 1.30. The largest absolute Gasteiger partial charge is 0.362 e. The summed E-state index contributed by atoms with van der Waals surface area (Å²) in [5, 5.41) is 18.5. The number of nitrogens with zero attached hydrogens (tertiary/aromatic N) is 4. The molecule has 33 heavy (non-hydrogen) atoms. The lowest BCUT2D eigenvalue weighted by molar-refractivity contribution is -0.385. The van der Waals surface area contributed by atoms with Gasteiger partial charge < -0.3 is 15.5 Å². The maximum absolute atomic E-state index is 12.6. The number of nitro groups is 1. The number of nitrogens with one attached hydrogen (secondary N) is 2. The quantitative estimate of drug-likeness (QED) is 0.432. The Bertz CT molecular complexity index is 1190. The molecule has 1 aliphatic carbocycles. The van der Waals surface area contributed by atoms with E-state index < -0.39 is 4.92 Å². The highest BCUT2D eigenvalue weighted by atomic mass is 16.6. The second kappa shape index (κ2) is 9.40. The minimum absolute atomic E-state index is 0.0199. The molecule has 0 spiro atoms. The van der Waals surface area contributed by atoms with Gasteiger partial charge in [0.05, 0.1) is 10.4 Å². The first-order valence-electron chi connectivity index (χ1n) is 11.1. The molecule has 0 radical (unpaired) electrons. The van der Waals surface area contributed by atoms with E-state index in [-0.39, 0.29) is 23.7 Å². The molecular formula is C24H28N6O3. The van der Waals surface area contributed by atoms with Crippen molar-refractivity contribution in [3.8, 4) is 0 Å². The zero-order chi connectivity index (χ0) is 23.5. The van der Waals surface area contributed by atoms with Crippen molar-refractivity contribution >= 4 is 34.3 Å². The van der Waals surface area contributed by atoms with Crippen LogP contribution in [0.2, 0.25) is 0 Å². The first-order valence-corrected chi connectivity index (χ1v) is 11.1. The summed E-state index contributed by atoms with van der Waals surface area (Å²) in [4.78, 5) is 34.6. The van der Waals surface area contributed by atoms with Gasteiger partial charge in [0.15, 0.2) is 0 Å². The lowest BCUT2D eigenvalue weighted by Crippen LogP contribution is -2.40. The summed E-state index contributed by atoms with van der Waals surface area (Å²) < 4.78 is 0. The van der Waals surface area contributed by atoms with Crippen LogP contribution in [0.5, 0.6) is 0 Å². The average Bonchev–Trinajstić information content (AvgIpc) is 2.79. The number of fused-ring (bicyclic) bond motifs is 1. The van der Waals surface area contributed by atoms with Crippen molar-refractivity contribution in [2.24, 2.45) is 0 Å². The van der Waals surface area contributed by atoms with Crippen LogP contribution in [-0.2, 0) is 0 Å². The molecule has 0 atom stereocenters. The van der Waals surface area contributed by atoms with E-state index in [1.165, 1.54) is 12.1 Å². The Morgan fingerprint density at radius 1 is 1.06 bits per heavy atom. The van der Waals surface area contributed by atoms with Gasteiger partial charge in [0, 0.05) is 48.8 Å². The monoisotopic (exact) mass is 448 g/mol. The summed E-state index contributed by atoms with van der Waals surface area (Å²) in [6, 6.07) is 12.7. The summed E-state index contributed by atoms with van der Waals surface area (Å²) in [6.45, 7) is 1.64. The lowest BCUT2D eigenvalue weighted by atomic mass is 9.91. The average molecular weight is 449 g/mol. The third kappa shape index (κ3) is 5.02. The van der Waals surface area contributed by atoms with Crippen LogP contribution >= 0.6 is 0 Å². The molecule has 4 rings (SSSR count). The van der Waals surface area contributed by atoms with E-state index >= 15 is 0 Å². The van der Waals surface area contributed by atoms with Crippen molar-refractivity contribution in [2.45, 2.75) is 44.7 Å². The summed E-state index contributed by atoms with van der Waals surface area (Å²) >= 11 is 0. The second-order valence-corrected chi connectivity index (χ2v) is 8.71. The third-order valence-electron chi connectivity index (χ3n) is 6.06. The molecule has 1 heterocycles. The molecule has 1 saturated carbocycles. The van der Waals surface area contributed by atoms with Crippen LogP contribution in [0.25, 0.3) is 10.9 Å². The third-order valence-corrected chi connectivity index (χ3v) is 6.06. The van der Waals surface area contributed by atoms with Crippen LogP contribution in [-0.4, -0.2) is 47.0 Å². The molecule has 1 amide bonds. The predicted octanol–water partition coefficient (Wildman–Crippen LogP) is 4.07. The Kier molecular flexibility index (Phi) is 6.39. The fourth-order valence-electron chi connectivity index (χ4n) is 4.30. The van der Waals surface area contributed by atoms with Gasteiger partial charge in [-0.05, 0) is 56.9 Å². The van der Waals surface area contributed by atoms with Crippen molar-refractivity contribution in [3.63, 3.8) is 0 Å². The molecule has 1 aromatic heterocycles. The lowest BCUT2D eigenvalue weighted by Gasteiger charge is -2.30. The van der Waals surface area contributed by atoms with Crippen molar-refractivity contribution in [1.82, 2.24) is 15.3 Å². The van der Waals surface area contributed by atoms with Crippen LogP contribution in [0.15, 0.2) is 42.5 Å². The number of hydrogen-bond donors (Lipinski definition) is 2. The molecule has 0 unspecified atom stereocenters. The van der Waals surface area contributed by atoms with Gasteiger partial charge in [-0.1, -0.05) is 12.1 Å². The Labute approximate surface area is 192 Å². The molecule has 0 bridgehead atoms. The number of anilines is 2. The van der Waals surface area contributed by atoms with Gasteiger partial charge in [0.1, 0.15) is 5.82 Å². The van der Waals surface area contributed by atoms with E-state index in [0.29, 0.717) is 17.1 Å². The van der Waals surface area contributed by atoms with Crippen LogP contribution < -0.4 is 15.5 Å². The SMILES string of the molecule is Cc1cc(C(=O)NC2CCC(Nc3nc(N(C)C)c4ccccc4n3)CC2)ccc1[N+](=O)[O-]. The molecule has 9 nitrogen and oxygen atoms in total. The number of para-hydroxylation sites is 1. The standard InChI is InChI=1S/C24H28N6O3/c1-15-14-16(8-13-21(15)30(32)33)23(31)25-17-9-11-18(12-10-17)26-24-27-20-7-5-4-6-19(20)22(28-24)29(2)3/h4-8,13-14,17-18H,9-12H2,1-3H3,(H,25,31)(H,26,27,28). The summed E-state index contributed by atoms with van der Waals surface area (Å²) in [5.41, 5.74) is 1.84. The van der Waals surface area contributed by atoms with Gasteiger partial charge in [-0.15, -0.1) is 0 Å². The van der Waals surface area contributed by atoms with E-state index in [9.17, 15) is 14.9 Å². The van der Waals surface area contributed by atoms with E-state index in [1.807, 2.05) is 43.3 Å². The molecule has 0 saturated heterocycles. The molecule has 2 N–H and O–H groups in total. The van der Waals surface area contributed by atoms with E-state index in [4.69, 9.17) is 4.98 Å². The number of carbonyl (C=O) groups excluding carboxylic acids is 1. The van der Waals surface area contributed by atoms with Gasteiger partial charge in [0.2, 0.25) is 5.95 Å². The van der Waals surface area contributed by atoms with Crippen LogP contribution in [0.3, 0.4) is 0 Å². The number of rotatable bonds is 6. The first kappa shape index (κ1) is 22.4. The number of nitro benzene ring substituents is 1. The highest BCUT2D eigenvalue weighted by Gasteiger charge is 2.24. The zero-order valence-electron chi connectivity index (χ0n) is 19.0. The Morgan fingerprint density at radius 3 is 2.42 bits per heavy atom. The van der Waals surface area contributed by atoms with E-state index in [1.54, 1.807) is 13.0 Å². The molecule has 172 valence electrons. The smallest absolute Gasteiger partial charge is 0.272 e. The number of amides is 1. The maximum Gasteiger partial charge on any atom is 0.272 e. The number of aryl methyl sites for hydroxylation is 1. The first-order chi connectivity index (χ1) is 15.8. The fraction of sp³-hybridized carbons (Fsp3) is 0.375. The molecule has 3 aromatic rings. The van der Waals surface area contributed by atoms with E-state index in [2.05, 4.69) is 15.6 Å². The zero-order valence-corrected chi connectivity index (χ0v) is 19.0. The minimum atomic E-state index is -0.438. The normalized spacial score (nSPS) is 18.0. The van der Waals surface area contributed by atoms with Crippen LogP contribution in [0.1, 0.15) is 41.6 Å². The molecule has 0 aliphatic heterocycles. The van der Waals surface area contributed by atoms with Gasteiger partial charge in [-0.25, -0.2) is 4.98 Å². The summed E-state index contributed by atoms with van der Waals surface area (Å²) in [6.07, 6.45) is 3.45. The van der Waals surface area contributed by atoms with Crippen molar-refractivity contribution in [1.29, 1.82) is 0 Å². The fourth-order valence-corrected chi connectivity index (χ4v) is 4.30. The Morgan fingerprint density at radius 2 is 1.76 bits per heavy atom. The summed E-state index contributed by atoms with van der Waals surface area (Å²) in [7, 11) is 3.94. The number of aromatic nitrogens is 2. The maximum atomic E-state index is 12.6. The Balaban J connectivity index is 1.36. The highest BCUT2D eigenvalue weighted by Crippen LogP contribution is 2.26. The molecule has 2 aromatic carbocycles. The van der Waals surface area contributed by atoms with Crippen LogP contribution in [0.4, 0.5) is 17.5 Å². The Hall–Kier alpha value is -3.75. The number of benzene rings is 2. The van der Waals surface area contributed by atoms with Gasteiger partial charge in [0.25, 0.3) is 11.6 Å². The molecule has 9 heteroatoms. The van der Waals surface area contributed by atoms with Crippen molar-refractivity contribution in [2.75, 3.05) is 24.3 Å². The minimum Gasteiger partial charge on any atom is -0.362 e. The number of carbonyl (C=O) groups is 1. The molecule has 1 aliphatic rings. The molecule has 1 fully saturated rings. The van der Waals surface area contributed by atoms with Gasteiger partial charge in [-0.2, -0.15) is 4.98 Å². The van der Waals surface area contributed by atoms with Gasteiger partial charge in [-0.3, -0.25) is 14.9 Å².